The molecule has 5 aromatic carbocycles. The minimum Gasteiger partial charge on any atom is -0.140 e. The van der Waals surface area contributed by atoms with E-state index >= 15 is 0 Å². The minimum absolute atomic E-state index is 0.366. The number of thiophene rings is 1. The Hall–Kier alpha value is -3.68. The monoisotopic (exact) mass is 438 g/mol. The summed E-state index contributed by atoms with van der Waals surface area (Å²) in [5, 5.41) is 6.81. The molecular weight excluding hydrogens is 416 g/mol. The first-order chi connectivity index (χ1) is 16.4. The molecule has 33 heavy (non-hydrogen) atoms. The first-order valence-electron chi connectivity index (χ1n) is 11.6. The lowest BCUT2D eigenvalue weighted by Gasteiger charge is -2.24. The smallest absolute Gasteiger partial charge is 0.0351 e. The molecule has 0 fully saturated rings. The molecule has 0 radical (unpaired) electrons. The second-order valence-corrected chi connectivity index (χ2v) is 9.99. The molecule has 1 aromatic heterocycles. The molecule has 1 aliphatic rings. The Labute approximate surface area is 197 Å². The number of hydrogen-bond acceptors (Lipinski definition) is 1. The van der Waals surface area contributed by atoms with Gasteiger partial charge in [-0.3, -0.25) is 0 Å². The third-order valence-electron chi connectivity index (χ3n) is 7.02. The molecule has 1 aliphatic carbocycles. The molecule has 0 nitrogen and oxygen atoms in total. The molecule has 0 bridgehead atoms. The highest BCUT2D eigenvalue weighted by atomic mass is 32.1. The third kappa shape index (κ3) is 2.90. The maximum atomic E-state index is 2.44. The summed E-state index contributed by atoms with van der Waals surface area (Å²) in [6.45, 7) is 0. The summed E-state index contributed by atoms with van der Waals surface area (Å²) in [6, 6.07) is 37.6. The second-order valence-electron chi connectivity index (χ2n) is 8.85. The molecule has 0 amide bonds. The number of benzene rings is 5. The van der Waals surface area contributed by atoms with Crippen LogP contribution in [0.5, 0.6) is 0 Å². The van der Waals surface area contributed by atoms with Crippen molar-refractivity contribution >= 4 is 49.0 Å². The molecule has 0 spiro atoms. The van der Waals surface area contributed by atoms with Crippen LogP contribution in [0.15, 0.2) is 109 Å². The predicted molar refractivity (Wildman–Crippen MR) is 144 cm³/mol. The van der Waals surface area contributed by atoms with E-state index in [0.717, 1.165) is 6.42 Å². The molecule has 0 saturated carbocycles. The van der Waals surface area contributed by atoms with Gasteiger partial charge in [0.2, 0.25) is 0 Å². The second kappa shape index (κ2) is 7.43. The van der Waals surface area contributed by atoms with Gasteiger partial charge in [-0.15, -0.1) is 11.3 Å². The van der Waals surface area contributed by atoms with Crippen LogP contribution in [0.3, 0.4) is 0 Å². The normalized spacial score (nSPS) is 15.3. The quantitative estimate of drug-likeness (QED) is 0.236. The highest BCUT2D eigenvalue weighted by Gasteiger charge is 2.24. The van der Waals surface area contributed by atoms with Gasteiger partial charge >= 0.3 is 0 Å². The highest BCUT2D eigenvalue weighted by molar-refractivity contribution is 7.19. The molecule has 1 unspecified atom stereocenters. The summed E-state index contributed by atoms with van der Waals surface area (Å²) < 4.78 is 1.39. The molecule has 6 aromatic rings. The Bertz CT molecular complexity index is 1630. The molecular formula is C32H22S. The van der Waals surface area contributed by atoms with Crippen molar-refractivity contribution in [3.8, 4) is 11.1 Å². The van der Waals surface area contributed by atoms with Crippen LogP contribution in [0.25, 0.3) is 48.8 Å². The fourth-order valence-electron chi connectivity index (χ4n) is 5.61. The van der Waals surface area contributed by atoms with E-state index in [-0.39, 0.29) is 0 Å². The van der Waals surface area contributed by atoms with Crippen LogP contribution in [0.2, 0.25) is 0 Å². The molecule has 0 aliphatic heterocycles. The van der Waals surface area contributed by atoms with Crippen LogP contribution >= 0.6 is 11.3 Å². The topological polar surface area (TPSA) is 0 Å². The Balaban J connectivity index is 1.51. The van der Waals surface area contributed by atoms with Gasteiger partial charge in [0, 0.05) is 15.5 Å². The third-order valence-corrected chi connectivity index (χ3v) is 8.23. The summed E-state index contributed by atoms with van der Waals surface area (Å²) in [6.07, 6.45) is 5.87. The van der Waals surface area contributed by atoms with Crippen molar-refractivity contribution in [1.82, 2.24) is 0 Å². The van der Waals surface area contributed by atoms with Gasteiger partial charge in [0.15, 0.2) is 0 Å². The van der Waals surface area contributed by atoms with E-state index in [1.807, 2.05) is 11.3 Å². The van der Waals surface area contributed by atoms with E-state index in [1.54, 1.807) is 0 Å². The predicted octanol–water partition coefficient (Wildman–Crippen LogP) is 9.23. The van der Waals surface area contributed by atoms with Gasteiger partial charge in [-0.2, -0.15) is 0 Å². The van der Waals surface area contributed by atoms with Gasteiger partial charge in [0.05, 0.1) is 0 Å². The van der Waals surface area contributed by atoms with Crippen LogP contribution in [0.4, 0.5) is 0 Å². The van der Waals surface area contributed by atoms with E-state index in [2.05, 4.69) is 115 Å². The van der Waals surface area contributed by atoms with Crippen LogP contribution < -0.4 is 0 Å². The molecule has 1 heteroatoms. The number of rotatable bonds is 2. The van der Waals surface area contributed by atoms with E-state index in [9.17, 15) is 0 Å². The SMILES string of the molecule is C1=CC(c2c3ccccc3c(-c3ccccc3)c3ccccc23)Cc2sc3ccccc3c21. The van der Waals surface area contributed by atoms with Gasteiger partial charge in [-0.05, 0) is 61.7 Å². The number of fused-ring (bicyclic) bond motifs is 5. The Kier molecular flexibility index (Phi) is 4.25. The van der Waals surface area contributed by atoms with Crippen molar-refractivity contribution in [2.24, 2.45) is 0 Å². The summed E-state index contributed by atoms with van der Waals surface area (Å²) >= 11 is 1.96. The average Bonchev–Trinajstić information content (AvgIpc) is 3.25. The zero-order valence-electron chi connectivity index (χ0n) is 18.2. The lowest BCUT2D eigenvalue weighted by molar-refractivity contribution is 0.857. The maximum absolute atomic E-state index is 2.44. The fourth-order valence-corrected chi connectivity index (χ4v) is 6.86. The number of hydrogen-bond donors (Lipinski definition) is 0. The van der Waals surface area contributed by atoms with Crippen molar-refractivity contribution in [3.05, 3.63) is 125 Å². The van der Waals surface area contributed by atoms with Gasteiger partial charge in [0.25, 0.3) is 0 Å². The van der Waals surface area contributed by atoms with E-state index < -0.39 is 0 Å². The van der Waals surface area contributed by atoms with Crippen molar-refractivity contribution in [3.63, 3.8) is 0 Å². The summed E-state index contributed by atoms with van der Waals surface area (Å²) in [7, 11) is 0. The van der Waals surface area contributed by atoms with E-state index in [0.29, 0.717) is 5.92 Å². The van der Waals surface area contributed by atoms with E-state index in [1.165, 1.54) is 58.8 Å². The number of allylic oxidation sites excluding steroid dienone is 1. The molecule has 0 N–H and O–H groups in total. The summed E-state index contributed by atoms with van der Waals surface area (Å²) in [5.74, 6) is 0.366. The van der Waals surface area contributed by atoms with Gasteiger partial charge in [-0.25, -0.2) is 0 Å². The first kappa shape index (κ1) is 18.8. The zero-order valence-corrected chi connectivity index (χ0v) is 19.0. The van der Waals surface area contributed by atoms with Gasteiger partial charge < -0.3 is 0 Å². The molecule has 1 atom stereocenters. The lowest BCUT2D eigenvalue weighted by atomic mass is 9.80. The van der Waals surface area contributed by atoms with Gasteiger partial charge in [0.1, 0.15) is 0 Å². The zero-order chi connectivity index (χ0) is 21.8. The minimum atomic E-state index is 0.366. The largest absolute Gasteiger partial charge is 0.140 e. The Morgan fingerprint density at radius 1 is 0.576 bits per heavy atom. The fraction of sp³-hybridized carbons (Fsp3) is 0.0625. The van der Waals surface area contributed by atoms with Crippen molar-refractivity contribution in [1.29, 1.82) is 0 Å². The van der Waals surface area contributed by atoms with Gasteiger partial charge in [-0.1, -0.05) is 109 Å². The van der Waals surface area contributed by atoms with E-state index in [4.69, 9.17) is 0 Å². The van der Waals surface area contributed by atoms with Crippen molar-refractivity contribution in [2.75, 3.05) is 0 Å². The Morgan fingerprint density at radius 2 is 1.15 bits per heavy atom. The standard InChI is InChI=1S/C32H22S/c1-2-10-21(11-3-1)31-25-13-4-6-15-27(25)32(28-16-7-5-14-26(28)31)22-18-19-24-23-12-8-9-17-29(23)33-30(24)20-22/h1-19,22H,20H2. The van der Waals surface area contributed by atoms with Crippen molar-refractivity contribution in [2.45, 2.75) is 12.3 Å². The highest BCUT2D eigenvalue weighted by Crippen LogP contribution is 2.46. The average molecular weight is 439 g/mol. The molecule has 1 heterocycles. The first-order valence-corrected chi connectivity index (χ1v) is 12.4. The molecule has 0 saturated heterocycles. The van der Waals surface area contributed by atoms with Crippen molar-refractivity contribution < 1.29 is 0 Å². The molecule has 156 valence electrons. The summed E-state index contributed by atoms with van der Waals surface area (Å²) in [5.41, 5.74) is 5.50. The maximum Gasteiger partial charge on any atom is 0.0351 e. The van der Waals surface area contributed by atoms with Crippen LogP contribution in [-0.4, -0.2) is 0 Å². The van der Waals surface area contributed by atoms with Crippen LogP contribution in [0, 0.1) is 0 Å². The van der Waals surface area contributed by atoms with Crippen LogP contribution in [-0.2, 0) is 6.42 Å². The Morgan fingerprint density at radius 3 is 1.85 bits per heavy atom. The molecule has 7 rings (SSSR count). The lowest BCUT2D eigenvalue weighted by Crippen LogP contribution is -2.06. The van der Waals surface area contributed by atoms with Crippen LogP contribution in [0.1, 0.15) is 21.9 Å². The summed E-state index contributed by atoms with van der Waals surface area (Å²) in [4.78, 5) is 1.50.